The SMILES string of the molecule is COc1cccc2c1CCN(c1nc([As]c3ccc(F)cc3)nc(C)c1C)C2C.Cl. The minimum Gasteiger partial charge on any atom is -0.147 e. The Morgan fingerprint density at radius 3 is 2.53 bits per heavy atom. The van der Waals surface area contributed by atoms with Gasteiger partial charge in [-0.3, -0.25) is 0 Å². The van der Waals surface area contributed by atoms with Crippen molar-refractivity contribution in [1.29, 1.82) is 0 Å². The van der Waals surface area contributed by atoms with E-state index in [0.29, 0.717) is 0 Å². The number of nitrogens with zero attached hydrogens (tertiary/aromatic N) is 3. The monoisotopic (exact) mass is 488 g/mol. The van der Waals surface area contributed by atoms with E-state index in [1.807, 2.05) is 25.1 Å². The van der Waals surface area contributed by atoms with Gasteiger partial charge in [0, 0.05) is 0 Å². The van der Waals surface area contributed by atoms with Gasteiger partial charge < -0.3 is 0 Å². The minimum atomic E-state index is -0.395. The van der Waals surface area contributed by atoms with Gasteiger partial charge in [0.25, 0.3) is 0 Å². The average molecular weight is 489 g/mol. The van der Waals surface area contributed by atoms with Gasteiger partial charge in [-0.15, -0.1) is 12.4 Å². The molecule has 7 heteroatoms. The molecular weight excluding hydrogens is 464 g/mol. The van der Waals surface area contributed by atoms with Crippen LogP contribution in [0.1, 0.15) is 35.3 Å². The summed E-state index contributed by atoms with van der Waals surface area (Å²) in [7, 11) is 1.73. The molecule has 4 nitrogen and oxygen atoms in total. The summed E-state index contributed by atoms with van der Waals surface area (Å²) in [6, 6.07) is 13.2. The van der Waals surface area contributed by atoms with E-state index in [0.717, 1.165) is 44.8 Å². The van der Waals surface area contributed by atoms with Crippen LogP contribution in [0.15, 0.2) is 42.5 Å². The third kappa shape index (κ3) is 4.33. The van der Waals surface area contributed by atoms with Crippen molar-refractivity contribution in [1.82, 2.24) is 9.97 Å². The Bertz CT molecular complexity index is 1050. The van der Waals surface area contributed by atoms with Gasteiger partial charge in [-0.1, -0.05) is 0 Å². The van der Waals surface area contributed by atoms with Crippen molar-refractivity contribution in [2.24, 2.45) is 0 Å². The molecule has 0 saturated heterocycles. The zero-order valence-corrected chi connectivity index (χ0v) is 20.2. The molecule has 4 rings (SSSR count). The maximum absolute atomic E-state index is 13.2. The van der Waals surface area contributed by atoms with E-state index in [1.165, 1.54) is 23.3 Å². The van der Waals surface area contributed by atoms with Gasteiger partial charge in [0.2, 0.25) is 0 Å². The van der Waals surface area contributed by atoms with Crippen LogP contribution in [0.4, 0.5) is 10.2 Å². The Hall–Kier alpha value is -2.10. The zero-order chi connectivity index (χ0) is 20.5. The number of halogens is 2. The number of ether oxygens (including phenoxy) is 1. The maximum Gasteiger partial charge on any atom is -0.147 e. The van der Waals surface area contributed by atoms with Crippen LogP contribution in [0.25, 0.3) is 0 Å². The number of hydrogen-bond donors (Lipinski definition) is 0. The molecular formula is C23H25AsClFN3O. The molecule has 0 aliphatic carbocycles. The molecule has 1 atom stereocenters. The van der Waals surface area contributed by atoms with Gasteiger partial charge in [0.05, 0.1) is 0 Å². The second kappa shape index (κ2) is 9.36. The predicted molar refractivity (Wildman–Crippen MR) is 123 cm³/mol. The fourth-order valence-electron chi connectivity index (χ4n) is 3.88. The normalized spacial score (nSPS) is 15.8. The minimum absolute atomic E-state index is 0. The van der Waals surface area contributed by atoms with E-state index < -0.39 is 15.8 Å². The molecule has 3 aromatic rings. The van der Waals surface area contributed by atoms with Crippen LogP contribution in [-0.2, 0) is 6.42 Å². The van der Waals surface area contributed by atoms with Gasteiger partial charge in [-0.2, -0.15) is 0 Å². The fraction of sp³-hybridized carbons (Fsp3) is 0.304. The van der Waals surface area contributed by atoms with Crippen LogP contribution >= 0.6 is 12.4 Å². The van der Waals surface area contributed by atoms with Crippen molar-refractivity contribution in [3.63, 3.8) is 0 Å². The maximum atomic E-state index is 13.2. The topological polar surface area (TPSA) is 38.2 Å². The number of hydrogen-bond acceptors (Lipinski definition) is 4. The molecule has 0 fully saturated rings. The molecule has 0 N–H and O–H groups in total. The smallest absolute Gasteiger partial charge is 0.147 e. The molecule has 0 saturated carbocycles. The second-order valence-corrected chi connectivity index (χ2v) is 9.69. The second-order valence-electron chi connectivity index (χ2n) is 7.29. The van der Waals surface area contributed by atoms with Crippen LogP contribution in [-0.4, -0.2) is 39.4 Å². The van der Waals surface area contributed by atoms with Gasteiger partial charge in [0.1, 0.15) is 0 Å². The molecule has 1 aromatic heterocycles. The largest absolute Gasteiger partial charge is 0.147 e. The number of methoxy groups -OCH3 is 1. The third-order valence-electron chi connectivity index (χ3n) is 5.59. The summed E-state index contributed by atoms with van der Waals surface area (Å²) in [5, 5.41) is 0. The van der Waals surface area contributed by atoms with E-state index in [2.05, 4.69) is 30.9 Å². The molecule has 30 heavy (non-hydrogen) atoms. The van der Waals surface area contributed by atoms with Crippen LogP contribution < -0.4 is 18.6 Å². The van der Waals surface area contributed by atoms with Crippen molar-refractivity contribution >= 4 is 42.9 Å². The number of fused-ring (bicyclic) bond motifs is 1. The number of benzene rings is 2. The summed E-state index contributed by atoms with van der Waals surface area (Å²) >= 11 is -0.395. The summed E-state index contributed by atoms with van der Waals surface area (Å²) in [6.07, 6.45) is 0.924. The zero-order valence-electron chi connectivity index (χ0n) is 17.5. The Kier molecular flexibility index (Phi) is 7.05. The molecule has 157 valence electrons. The quantitative estimate of drug-likeness (QED) is 0.527. The molecule has 2 aromatic carbocycles. The van der Waals surface area contributed by atoms with Gasteiger partial charge >= 0.3 is 178 Å². The average Bonchev–Trinajstić information content (AvgIpc) is 2.72. The fourth-order valence-corrected chi connectivity index (χ4v) is 5.71. The van der Waals surface area contributed by atoms with Gasteiger partial charge in [-0.25, -0.2) is 0 Å². The Morgan fingerprint density at radius 1 is 1.10 bits per heavy atom. The number of anilines is 1. The van der Waals surface area contributed by atoms with E-state index in [-0.39, 0.29) is 24.3 Å². The number of rotatable bonds is 4. The van der Waals surface area contributed by atoms with Crippen LogP contribution in [0.3, 0.4) is 0 Å². The molecule has 1 radical (unpaired) electrons. The van der Waals surface area contributed by atoms with Crippen LogP contribution in [0.5, 0.6) is 5.75 Å². The van der Waals surface area contributed by atoms with Crippen molar-refractivity contribution in [2.45, 2.75) is 33.2 Å². The molecule has 0 bridgehead atoms. The Labute approximate surface area is 190 Å². The third-order valence-corrected chi connectivity index (χ3v) is 7.60. The van der Waals surface area contributed by atoms with Crippen LogP contribution in [0, 0.1) is 19.7 Å². The van der Waals surface area contributed by atoms with Crippen molar-refractivity contribution < 1.29 is 9.13 Å². The molecule has 1 aliphatic heterocycles. The summed E-state index contributed by atoms with van der Waals surface area (Å²) in [4.78, 5) is 12.1. The summed E-state index contributed by atoms with van der Waals surface area (Å²) in [5.41, 5.74) is 4.71. The van der Waals surface area contributed by atoms with Gasteiger partial charge in [0.15, 0.2) is 0 Å². The van der Waals surface area contributed by atoms with E-state index in [4.69, 9.17) is 14.7 Å². The molecule has 1 unspecified atom stereocenters. The summed E-state index contributed by atoms with van der Waals surface area (Å²) in [5.74, 6) is 1.75. The first-order chi connectivity index (χ1) is 14.0. The van der Waals surface area contributed by atoms with Crippen molar-refractivity contribution in [2.75, 3.05) is 18.6 Å². The molecule has 1 aliphatic rings. The first kappa shape index (κ1) is 22.6. The van der Waals surface area contributed by atoms with Gasteiger partial charge in [-0.05, 0) is 0 Å². The predicted octanol–water partition coefficient (Wildman–Crippen LogP) is 3.44. The van der Waals surface area contributed by atoms with Crippen LogP contribution in [0.2, 0.25) is 0 Å². The Morgan fingerprint density at radius 2 is 1.83 bits per heavy atom. The number of aromatic nitrogens is 2. The standard InChI is InChI=1S/C23H24AsFN3O.ClH/c1-14-15(2)26-23(24-17-8-10-18(25)11-9-17)27-22(14)28-13-12-20-19(16(28)3)6-5-7-21(20)29-4;/h5-11,16H,12-13H2,1-4H3;1H. The Balaban J connectivity index is 0.00000256. The van der Waals surface area contributed by atoms with E-state index in [9.17, 15) is 4.39 Å². The van der Waals surface area contributed by atoms with Crippen molar-refractivity contribution in [3.05, 3.63) is 70.7 Å². The number of aryl methyl sites for hydroxylation is 1. The van der Waals surface area contributed by atoms with Crippen molar-refractivity contribution in [3.8, 4) is 5.75 Å². The molecule has 0 amide bonds. The summed E-state index contributed by atoms with van der Waals surface area (Å²) < 4.78 is 20.8. The van der Waals surface area contributed by atoms with E-state index in [1.54, 1.807) is 7.11 Å². The molecule has 2 heterocycles. The molecule has 0 spiro atoms. The first-order valence-corrected chi connectivity index (χ1v) is 11.6. The van der Waals surface area contributed by atoms with E-state index >= 15 is 0 Å². The first-order valence-electron chi connectivity index (χ1n) is 9.73. The summed E-state index contributed by atoms with van der Waals surface area (Å²) in [6.45, 7) is 7.25.